The molecule has 9 heteroatoms. The number of carbonyl (C=O) groups excluding carboxylic acids is 1. The summed E-state index contributed by atoms with van der Waals surface area (Å²) in [6.45, 7) is 2.19. The molecule has 1 aliphatic carbocycles. The van der Waals surface area contributed by atoms with Crippen molar-refractivity contribution in [1.29, 1.82) is 0 Å². The molecule has 0 unspecified atom stereocenters. The van der Waals surface area contributed by atoms with Gasteiger partial charge >= 0.3 is 0 Å². The van der Waals surface area contributed by atoms with Crippen molar-refractivity contribution in [2.45, 2.75) is 45.1 Å². The van der Waals surface area contributed by atoms with E-state index < -0.39 is 18.0 Å². The van der Waals surface area contributed by atoms with Crippen LogP contribution in [0.2, 0.25) is 5.02 Å². The van der Waals surface area contributed by atoms with Crippen molar-refractivity contribution in [2.75, 3.05) is 5.32 Å². The maximum absolute atomic E-state index is 13.5. The Bertz CT molecular complexity index is 1010. The Morgan fingerprint density at radius 1 is 1.25 bits per heavy atom. The van der Waals surface area contributed by atoms with Gasteiger partial charge in [0.25, 0.3) is 12.3 Å². The number of anilines is 1. The van der Waals surface area contributed by atoms with Gasteiger partial charge in [-0.05, 0) is 43.7 Å². The SMILES string of the molecule is CC1CCC(n2cc(NC(=O)c3cnc4ccc(Cl)cn34)c(C(F)F)n2)CC1. The van der Waals surface area contributed by atoms with Crippen LogP contribution in [-0.4, -0.2) is 25.1 Å². The van der Waals surface area contributed by atoms with E-state index in [-0.39, 0.29) is 17.4 Å². The quantitative estimate of drug-likeness (QED) is 0.652. The minimum Gasteiger partial charge on any atom is -0.318 e. The molecule has 0 aromatic carbocycles. The smallest absolute Gasteiger partial charge is 0.284 e. The fourth-order valence-electron chi connectivity index (χ4n) is 3.67. The van der Waals surface area contributed by atoms with E-state index in [4.69, 9.17) is 11.6 Å². The van der Waals surface area contributed by atoms with E-state index in [1.54, 1.807) is 23.0 Å². The monoisotopic (exact) mass is 407 g/mol. The van der Waals surface area contributed by atoms with Crippen molar-refractivity contribution >= 4 is 28.8 Å². The summed E-state index contributed by atoms with van der Waals surface area (Å²) < 4.78 is 30.1. The lowest BCUT2D eigenvalue weighted by atomic mass is 9.87. The molecule has 3 heterocycles. The molecule has 1 N–H and O–H groups in total. The lowest BCUT2D eigenvalue weighted by Crippen LogP contribution is -2.17. The largest absolute Gasteiger partial charge is 0.318 e. The summed E-state index contributed by atoms with van der Waals surface area (Å²) in [6, 6.07) is 3.41. The number of aromatic nitrogens is 4. The summed E-state index contributed by atoms with van der Waals surface area (Å²) in [5.74, 6) is 0.0935. The predicted octanol–water partition coefficient (Wildman–Crippen LogP) is 5.13. The molecule has 4 rings (SSSR count). The number of alkyl halides is 2. The summed E-state index contributed by atoms with van der Waals surface area (Å²) in [5.41, 5.74) is 0.349. The molecule has 0 spiro atoms. The summed E-state index contributed by atoms with van der Waals surface area (Å²) >= 11 is 5.99. The first kappa shape index (κ1) is 18.9. The zero-order valence-electron chi connectivity index (χ0n) is 15.3. The van der Waals surface area contributed by atoms with Gasteiger partial charge in [0, 0.05) is 12.4 Å². The van der Waals surface area contributed by atoms with Gasteiger partial charge in [-0.3, -0.25) is 13.9 Å². The third-order valence-electron chi connectivity index (χ3n) is 5.28. The molecule has 1 amide bonds. The molecule has 6 nitrogen and oxygen atoms in total. The van der Waals surface area contributed by atoms with Crippen molar-refractivity contribution in [2.24, 2.45) is 5.92 Å². The van der Waals surface area contributed by atoms with Crippen LogP contribution in [0.15, 0.2) is 30.7 Å². The number of nitrogens with one attached hydrogen (secondary N) is 1. The second kappa shape index (κ2) is 7.50. The number of imidazole rings is 1. The standard InChI is InChI=1S/C19H20ClF2N5O/c1-11-2-5-13(6-3-11)27-10-14(17(25-27)18(21)22)24-19(28)15-8-23-16-7-4-12(20)9-26(15)16/h4,7-11,13,18H,2-3,5-6H2,1H3,(H,24,28). The van der Waals surface area contributed by atoms with Gasteiger partial charge in [0.2, 0.25) is 0 Å². The van der Waals surface area contributed by atoms with Gasteiger partial charge in [-0.25, -0.2) is 13.8 Å². The highest BCUT2D eigenvalue weighted by Crippen LogP contribution is 2.34. The van der Waals surface area contributed by atoms with E-state index in [2.05, 4.69) is 22.3 Å². The Morgan fingerprint density at radius 2 is 2.00 bits per heavy atom. The third-order valence-corrected chi connectivity index (χ3v) is 5.50. The molecule has 0 aliphatic heterocycles. The highest BCUT2D eigenvalue weighted by Gasteiger charge is 2.26. The molecule has 0 bridgehead atoms. The second-order valence-corrected chi connectivity index (χ2v) is 7.73. The van der Waals surface area contributed by atoms with E-state index in [9.17, 15) is 13.6 Å². The van der Waals surface area contributed by atoms with Gasteiger partial charge in [0.05, 0.1) is 22.9 Å². The van der Waals surface area contributed by atoms with Crippen LogP contribution in [-0.2, 0) is 0 Å². The molecule has 0 saturated heterocycles. The number of carbonyl (C=O) groups is 1. The highest BCUT2D eigenvalue weighted by molar-refractivity contribution is 6.30. The van der Waals surface area contributed by atoms with E-state index in [0.717, 1.165) is 25.7 Å². The fourth-order valence-corrected chi connectivity index (χ4v) is 3.83. The molecule has 3 aromatic rings. The predicted molar refractivity (Wildman–Crippen MR) is 102 cm³/mol. The maximum atomic E-state index is 13.5. The van der Waals surface area contributed by atoms with Crippen molar-refractivity contribution in [3.05, 3.63) is 47.1 Å². The zero-order valence-corrected chi connectivity index (χ0v) is 16.0. The average Bonchev–Trinajstić information content (AvgIpc) is 3.26. The number of amides is 1. The van der Waals surface area contributed by atoms with Gasteiger partial charge in [-0.2, -0.15) is 5.10 Å². The number of pyridine rings is 1. The summed E-state index contributed by atoms with van der Waals surface area (Å²) in [4.78, 5) is 16.8. The van der Waals surface area contributed by atoms with E-state index in [1.165, 1.54) is 16.8 Å². The van der Waals surface area contributed by atoms with E-state index in [0.29, 0.717) is 16.6 Å². The highest BCUT2D eigenvalue weighted by atomic mass is 35.5. The van der Waals surface area contributed by atoms with Crippen LogP contribution in [0.3, 0.4) is 0 Å². The number of rotatable bonds is 4. The summed E-state index contributed by atoms with van der Waals surface area (Å²) in [7, 11) is 0. The Labute approximate surface area is 165 Å². The molecule has 3 aromatic heterocycles. The maximum Gasteiger partial charge on any atom is 0.284 e. The minimum atomic E-state index is -2.78. The fraction of sp³-hybridized carbons (Fsp3) is 0.421. The lowest BCUT2D eigenvalue weighted by molar-refractivity contribution is 0.102. The summed E-state index contributed by atoms with van der Waals surface area (Å²) in [6.07, 6.45) is 5.54. The molecule has 28 heavy (non-hydrogen) atoms. The van der Waals surface area contributed by atoms with Gasteiger partial charge in [-0.1, -0.05) is 18.5 Å². The number of fused-ring (bicyclic) bond motifs is 1. The number of halogens is 3. The zero-order chi connectivity index (χ0) is 19.8. The second-order valence-electron chi connectivity index (χ2n) is 7.30. The van der Waals surface area contributed by atoms with Gasteiger partial charge in [-0.15, -0.1) is 0 Å². The topological polar surface area (TPSA) is 64.2 Å². The first-order valence-electron chi connectivity index (χ1n) is 9.23. The number of hydrogen-bond donors (Lipinski definition) is 1. The third kappa shape index (κ3) is 3.61. The van der Waals surface area contributed by atoms with Gasteiger partial charge in [0.1, 0.15) is 11.3 Å². The normalized spacial score (nSPS) is 20.0. The first-order valence-corrected chi connectivity index (χ1v) is 9.61. The average molecular weight is 408 g/mol. The van der Waals surface area contributed by atoms with Crippen LogP contribution in [0, 0.1) is 5.92 Å². The van der Waals surface area contributed by atoms with Crippen molar-refractivity contribution < 1.29 is 13.6 Å². The molecule has 148 valence electrons. The Kier molecular flexibility index (Phi) is 5.05. The lowest BCUT2D eigenvalue weighted by Gasteiger charge is -2.26. The van der Waals surface area contributed by atoms with Crippen molar-refractivity contribution in [3.63, 3.8) is 0 Å². The molecule has 0 radical (unpaired) electrons. The van der Waals surface area contributed by atoms with Gasteiger partial charge in [0.15, 0.2) is 5.69 Å². The van der Waals surface area contributed by atoms with Crippen LogP contribution >= 0.6 is 11.6 Å². The van der Waals surface area contributed by atoms with Crippen LogP contribution in [0.1, 0.15) is 61.3 Å². The molecule has 1 aliphatic rings. The minimum absolute atomic E-state index is 0.0237. The van der Waals surface area contributed by atoms with Crippen LogP contribution in [0.25, 0.3) is 5.65 Å². The van der Waals surface area contributed by atoms with Crippen molar-refractivity contribution in [1.82, 2.24) is 19.2 Å². The Hall–Kier alpha value is -2.48. The Balaban J connectivity index is 1.61. The Morgan fingerprint density at radius 3 is 2.71 bits per heavy atom. The van der Waals surface area contributed by atoms with Crippen LogP contribution in [0.5, 0.6) is 0 Å². The molecule has 0 atom stereocenters. The molecular weight excluding hydrogens is 388 g/mol. The molecule has 1 saturated carbocycles. The van der Waals surface area contributed by atoms with Crippen LogP contribution in [0.4, 0.5) is 14.5 Å². The summed E-state index contributed by atoms with van der Waals surface area (Å²) in [5, 5.41) is 7.08. The number of nitrogens with zero attached hydrogens (tertiary/aromatic N) is 4. The van der Waals surface area contributed by atoms with Crippen molar-refractivity contribution in [3.8, 4) is 0 Å². The molecule has 1 fully saturated rings. The van der Waals surface area contributed by atoms with Gasteiger partial charge < -0.3 is 5.32 Å². The van der Waals surface area contributed by atoms with Crippen LogP contribution < -0.4 is 5.32 Å². The first-order chi connectivity index (χ1) is 13.4. The molecular formula is C19H20ClF2N5O. The van der Waals surface area contributed by atoms with E-state index in [1.807, 2.05) is 0 Å². The number of hydrogen-bond acceptors (Lipinski definition) is 3. The van der Waals surface area contributed by atoms with E-state index >= 15 is 0 Å².